The highest BCUT2D eigenvalue weighted by atomic mass is 16.5. The molecule has 3 rings (SSSR count). The highest BCUT2D eigenvalue weighted by Gasteiger charge is 2.43. The van der Waals surface area contributed by atoms with Crippen molar-refractivity contribution in [3.63, 3.8) is 0 Å². The number of anilines is 1. The van der Waals surface area contributed by atoms with Gasteiger partial charge in [-0.2, -0.15) is 0 Å². The van der Waals surface area contributed by atoms with E-state index in [1.54, 1.807) is 43.5 Å². The maximum absolute atomic E-state index is 13.1. The first-order valence-electron chi connectivity index (χ1n) is 9.94. The van der Waals surface area contributed by atoms with Gasteiger partial charge in [-0.05, 0) is 48.4 Å². The van der Waals surface area contributed by atoms with Gasteiger partial charge >= 0.3 is 0 Å². The van der Waals surface area contributed by atoms with E-state index in [1.165, 1.54) is 11.8 Å². The summed E-state index contributed by atoms with van der Waals surface area (Å²) in [5.41, 5.74) is 1.33. The van der Waals surface area contributed by atoms with Gasteiger partial charge in [0.1, 0.15) is 17.5 Å². The summed E-state index contributed by atoms with van der Waals surface area (Å²) in [5.74, 6) is 0.403. The van der Waals surface area contributed by atoms with Gasteiger partial charge in [0.05, 0.1) is 25.8 Å². The van der Waals surface area contributed by atoms with Crippen molar-refractivity contribution in [2.45, 2.75) is 39.3 Å². The Balaban J connectivity index is 1.77. The minimum Gasteiger partial charge on any atom is -0.497 e. The lowest BCUT2D eigenvalue weighted by atomic mass is 10.1. The predicted octanol–water partition coefficient (Wildman–Crippen LogP) is 3.16. The van der Waals surface area contributed by atoms with E-state index < -0.39 is 11.9 Å². The summed E-state index contributed by atoms with van der Waals surface area (Å²) >= 11 is 0. The average molecular weight is 410 g/mol. The molecule has 7 nitrogen and oxygen atoms in total. The van der Waals surface area contributed by atoms with Crippen LogP contribution in [-0.2, 0) is 20.9 Å². The molecule has 0 spiro atoms. The number of rotatable bonds is 8. The van der Waals surface area contributed by atoms with Crippen LogP contribution in [0.1, 0.15) is 32.3 Å². The number of ether oxygens (including phenoxy) is 2. The smallest absolute Gasteiger partial charge is 0.257 e. The molecule has 3 amide bonds. The van der Waals surface area contributed by atoms with E-state index in [0.29, 0.717) is 23.8 Å². The molecule has 1 aliphatic heterocycles. The maximum Gasteiger partial charge on any atom is 0.257 e. The lowest BCUT2D eigenvalue weighted by Crippen LogP contribution is -2.44. The second kappa shape index (κ2) is 9.43. The fraction of sp³-hybridized carbons (Fsp3) is 0.348. The Hall–Kier alpha value is -3.35. The summed E-state index contributed by atoms with van der Waals surface area (Å²) in [6.07, 6.45) is 0.851. The topological polar surface area (TPSA) is 76.2 Å². The van der Waals surface area contributed by atoms with E-state index in [4.69, 9.17) is 9.47 Å². The Kier molecular flexibility index (Phi) is 6.72. The number of hydrogen-bond donors (Lipinski definition) is 0. The molecule has 0 aromatic heterocycles. The van der Waals surface area contributed by atoms with Crippen molar-refractivity contribution in [3.05, 3.63) is 54.1 Å². The van der Waals surface area contributed by atoms with Crippen LogP contribution >= 0.6 is 0 Å². The lowest BCUT2D eigenvalue weighted by molar-refractivity contribution is -0.137. The number of benzene rings is 2. The zero-order valence-electron chi connectivity index (χ0n) is 17.5. The minimum absolute atomic E-state index is 0.0390. The van der Waals surface area contributed by atoms with Gasteiger partial charge in [-0.3, -0.25) is 14.4 Å². The Morgan fingerprint density at radius 1 is 1.07 bits per heavy atom. The third-order valence-corrected chi connectivity index (χ3v) is 4.98. The maximum atomic E-state index is 13.1. The van der Waals surface area contributed by atoms with Crippen LogP contribution in [0.5, 0.6) is 11.5 Å². The monoisotopic (exact) mass is 410 g/mol. The summed E-state index contributed by atoms with van der Waals surface area (Å²) in [4.78, 5) is 40.6. The third kappa shape index (κ3) is 4.62. The van der Waals surface area contributed by atoms with Crippen molar-refractivity contribution >= 4 is 23.4 Å². The molecule has 0 saturated carbocycles. The Morgan fingerprint density at radius 2 is 1.70 bits per heavy atom. The van der Waals surface area contributed by atoms with Crippen molar-refractivity contribution in [1.29, 1.82) is 0 Å². The first-order valence-corrected chi connectivity index (χ1v) is 9.94. The number of carbonyl (C=O) groups excluding carboxylic acids is 3. The fourth-order valence-electron chi connectivity index (χ4n) is 3.41. The molecule has 1 aliphatic rings. The molecule has 0 bridgehead atoms. The molecule has 30 heavy (non-hydrogen) atoms. The van der Waals surface area contributed by atoms with Crippen LogP contribution in [0.25, 0.3) is 0 Å². The largest absolute Gasteiger partial charge is 0.497 e. The van der Waals surface area contributed by atoms with Crippen molar-refractivity contribution in [2.24, 2.45) is 0 Å². The molecule has 0 radical (unpaired) electrons. The number of imide groups is 1. The fourth-order valence-corrected chi connectivity index (χ4v) is 3.41. The van der Waals surface area contributed by atoms with Crippen molar-refractivity contribution in [2.75, 3.05) is 18.6 Å². The normalized spacial score (nSPS) is 16.0. The van der Waals surface area contributed by atoms with Crippen molar-refractivity contribution in [1.82, 2.24) is 4.90 Å². The van der Waals surface area contributed by atoms with Gasteiger partial charge in [0.2, 0.25) is 11.8 Å². The molecule has 0 aliphatic carbocycles. The molecule has 7 heteroatoms. The number of methoxy groups -OCH3 is 1. The van der Waals surface area contributed by atoms with Gasteiger partial charge < -0.3 is 14.4 Å². The van der Waals surface area contributed by atoms with Gasteiger partial charge in [0, 0.05) is 13.5 Å². The summed E-state index contributed by atoms with van der Waals surface area (Å²) in [5, 5.41) is 0. The van der Waals surface area contributed by atoms with E-state index >= 15 is 0 Å². The molecule has 158 valence electrons. The van der Waals surface area contributed by atoms with Crippen LogP contribution in [-0.4, -0.2) is 42.4 Å². The van der Waals surface area contributed by atoms with Crippen LogP contribution in [0.3, 0.4) is 0 Å². The van der Waals surface area contributed by atoms with Crippen LogP contribution in [0, 0.1) is 0 Å². The Labute approximate surface area is 176 Å². The summed E-state index contributed by atoms with van der Waals surface area (Å²) in [7, 11) is 1.58. The van der Waals surface area contributed by atoms with E-state index in [2.05, 4.69) is 0 Å². The zero-order valence-corrected chi connectivity index (χ0v) is 17.5. The SMILES string of the molecule is CCCOc1ccc(N2C(=O)CC(N(Cc3ccc(OC)cc3)C(C)=O)C2=O)cc1. The van der Waals surface area contributed by atoms with Crippen LogP contribution in [0.2, 0.25) is 0 Å². The summed E-state index contributed by atoms with van der Waals surface area (Å²) in [6, 6.07) is 13.3. The molecule has 1 saturated heterocycles. The summed E-state index contributed by atoms with van der Waals surface area (Å²) in [6.45, 7) is 4.26. The third-order valence-electron chi connectivity index (χ3n) is 4.98. The Bertz CT molecular complexity index is 908. The Morgan fingerprint density at radius 3 is 2.27 bits per heavy atom. The number of amides is 3. The molecule has 2 aromatic carbocycles. The van der Waals surface area contributed by atoms with E-state index in [0.717, 1.165) is 16.9 Å². The van der Waals surface area contributed by atoms with Crippen LogP contribution in [0.15, 0.2) is 48.5 Å². The first kappa shape index (κ1) is 21.4. The number of hydrogen-bond acceptors (Lipinski definition) is 5. The number of carbonyl (C=O) groups is 3. The molecular formula is C23H26N2O5. The van der Waals surface area contributed by atoms with Gasteiger partial charge in [0.15, 0.2) is 0 Å². The highest BCUT2D eigenvalue weighted by Crippen LogP contribution is 2.28. The van der Waals surface area contributed by atoms with Crippen molar-refractivity contribution < 1.29 is 23.9 Å². The molecule has 0 N–H and O–H groups in total. The standard InChI is InChI=1S/C23H26N2O5/c1-4-13-30-20-11-7-18(8-12-20)25-22(27)14-21(23(25)28)24(16(2)26)15-17-5-9-19(29-3)10-6-17/h5-12,21H,4,13-15H2,1-3H3. The van der Waals surface area contributed by atoms with Gasteiger partial charge in [-0.15, -0.1) is 0 Å². The molecule has 2 aromatic rings. The lowest BCUT2D eigenvalue weighted by Gasteiger charge is -2.26. The van der Waals surface area contributed by atoms with E-state index in [9.17, 15) is 14.4 Å². The quantitative estimate of drug-likeness (QED) is 0.625. The molecule has 1 unspecified atom stereocenters. The van der Waals surface area contributed by atoms with Gasteiger partial charge in [0.25, 0.3) is 5.91 Å². The van der Waals surface area contributed by atoms with Gasteiger partial charge in [-0.25, -0.2) is 4.90 Å². The number of nitrogens with zero attached hydrogens (tertiary/aromatic N) is 2. The van der Waals surface area contributed by atoms with E-state index in [-0.39, 0.29) is 24.8 Å². The van der Waals surface area contributed by atoms with Crippen LogP contribution in [0.4, 0.5) is 5.69 Å². The second-order valence-electron chi connectivity index (χ2n) is 7.12. The molecule has 1 atom stereocenters. The van der Waals surface area contributed by atoms with Gasteiger partial charge in [-0.1, -0.05) is 19.1 Å². The average Bonchev–Trinajstić information content (AvgIpc) is 3.04. The predicted molar refractivity (Wildman–Crippen MR) is 112 cm³/mol. The summed E-state index contributed by atoms with van der Waals surface area (Å²) < 4.78 is 10.7. The minimum atomic E-state index is -0.826. The first-order chi connectivity index (χ1) is 14.4. The highest BCUT2D eigenvalue weighted by molar-refractivity contribution is 6.23. The molecule has 1 fully saturated rings. The van der Waals surface area contributed by atoms with E-state index in [1.807, 2.05) is 19.1 Å². The van der Waals surface area contributed by atoms with Crippen LogP contribution < -0.4 is 14.4 Å². The molecule has 1 heterocycles. The molecular weight excluding hydrogens is 384 g/mol. The second-order valence-corrected chi connectivity index (χ2v) is 7.12. The zero-order chi connectivity index (χ0) is 21.7. The van der Waals surface area contributed by atoms with Crippen molar-refractivity contribution in [3.8, 4) is 11.5 Å².